The molecular formula is C10H18O2. The second-order valence-electron chi connectivity index (χ2n) is 4.00. The molecule has 2 aliphatic rings. The summed E-state index contributed by atoms with van der Waals surface area (Å²) in [6.07, 6.45) is 7.50. The summed E-state index contributed by atoms with van der Waals surface area (Å²) < 4.78 is 11.1. The van der Waals surface area contributed by atoms with Gasteiger partial charge in [-0.15, -0.1) is 0 Å². The van der Waals surface area contributed by atoms with Gasteiger partial charge in [0.2, 0.25) is 0 Å². The van der Waals surface area contributed by atoms with Crippen molar-refractivity contribution in [1.29, 1.82) is 0 Å². The molecule has 0 N–H and O–H groups in total. The Morgan fingerprint density at radius 2 is 2.00 bits per heavy atom. The number of hydrogen-bond acceptors (Lipinski definition) is 2. The third-order valence-corrected chi connectivity index (χ3v) is 3.00. The minimum absolute atomic E-state index is 0.380. The highest BCUT2D eigenvalue weighted by Crippen LogP contribution is 2.34. The summed E-state index contributed by atoms with van der Waals surface area (Å²) >= 11 is 0. The van der Waals surface area contributed by atoms with Gasteiger partial charge in [-0.2, -0.15) is 0 Å². The van der Waals surface area contributed by atoms with E-state index in [1.165, 1.54) is 32.1 Å². The van der Waals surface area contributed by atoms with Crippen LogP contribution in [0, 0.1) is 5.92 Å². The fraction of sp³-hybridized carbons (Fsp3) is 1.00. The molecule has 0 aromatic heterocycles. The van der Waals surface area contributed by atoms with E-state index in [2.05, 4.69) is 0 Å². The molecule has 70 valence electrons. The Morgan fingerprint density at radius 3 is 2.42 bits per heavy atom. The molecule has 1 unspecified atom stereocenters. The third kappa shape index (κ3) is 1.99. The molecule has 0 amide bonds. The van der Waals surface area contributed by atoms with Crippen LogP contribution >= 0.6 is 0 Å². The molecular weight excluding hydrogens is 152 g/mol. The van der Waals surface area contributed by atoms with Crippen LogP contribution in [0.5, 0.6) is 0 Å². The molecule has 0 heterocycles. The molecule has 2 fully saturated rings. The zero-order chi connectivity index (χ0) is 8.39. The molecule has 2 heteroatoms. The van der Waals surface area contributed by atoms with Gasteiger partial charge in [0.1, 0.15) is 0 Å². The lowest BCUT2D eigenvalue weighted by molar-refractivity contribution is -0.0603. The highest BCUT2D eigenvalue weighted by atomic mass is 16.5. The predicted molar refractivity (Wildman–Crippen MR) is 47.1 cm³/mol. The lowest BCUT2D eigenvalue weighted by Gasteiger charge is -2.27. The van der Waals surface area contributed by atoms with E-state index in [1.807, 2.05) is 0 Å². The molecule has 1 atom stereocenters. The molecule has 0 aromatic rings. The van der Waals surface area contributed by atoms with Crippen molar-refractivity contribution in [2.24, 2.45) is 5.92 Å². The van der Waals surface area contributed by atoms with Crippen LogP contribution in [0.15, 0.2) is 0 Å². The zero-order valence-electron chi connectivity index (χ0n) is 7.79. The Hall–Kier alpha value is -0.0800. The highest BCUT2D eigenvalue weighted by molar-refractivity contribution is 4.82. The van der Waals surface area contributed by atoms with Gasteiger partial charge in [0.05, 0.1) is 18.8 Å². The Kier molecular flexibility index (Phi) is 2.66. The maximum atomic E-state index is 5.71. The first kappa shape index (κ1) is 8.52. The summed E-state index contributed by atoms with van der Waals surface area (Å²) in [5.41, 5.74) is 0. The average Bonchev–Trinajstić information content (AvgIpc) is 2.77. The predicted octanol–water partition coefficient (Wildman–Crippen LogP) is 1.98. The highest BCUT2D eigenvalue weighted by Gasteiger charge is 2.32. The summed E-state index contributed by atoms with van der Waals surface area (Å²) in [6, 6.07) is 0. The van der Waals surface area contributed by atoms with E-state index in [-0.39, 0.29) is 0 Å². The fourth-order valence-electron chi connectivity index (χ4n) is 1.63. The lowest BCUT2D eigenvalue weighted by atomic mass is 9.96. The standard InChI is InChI=1S/C10H18O2/c1-11-10(8-5-6-8)7-12-9-3-2-4-9/h8-10H,2-7H2,1H3. The van der Waals surface area contributed by atoms with Crippen LogP contribution in [0.1, 0.15) is 32.1 Å². The lowest BCUT2D eigenvalue weighted by Crippen LogP contribution is -2.28. The molecule has 2 rings (SSSR count). The normalized spacial score (nSPS) is 26.8. The van der Waals surface area contributed by atoms with E-state index in [4.69, 9.17) is 9.47 Å². The van der Waals surface area contributed by atoms with E-state index in [9.17, 15) is 0 Å². The molecule has 2 saturated carbocycles. The van der Waals surface area contributed by atoms with Crippen molar-refractivity contribution in [3.63, 3.8) is 0 Å². The number of ether oxygens (including phenoxy) is 2. The van der Waals surface area contributed by atoms with Crippen molar-refractivity contribution in [2.75, 3.05) is 13.7 Å². The molecule has 0 bridgehead atoms. The second-order valence-corrected chi connectivity index (χ2v) is 4.00. The van der Waals surface area contributed by atoms with Crippen LogP contribution in [0.25, 0.3) is 0 Å². The Labute approximate surface area is 74.2 Å². The van der Waals surface area contributed by atoms with Gasteiger partial charge in [0.15, 0.2) is 0 Å². The number of rotatable bonds is 5. The van der Waals surface area contributed by atoms with Crippen molar-refractivity contribution < 1.29 is 9.47 Å². The van der Waals surface area contributed by atoms with Crippen molar-refractivity contribution in [3.8, 4) is 0 Å². The molecule has 0 aliphatic heterocycles. The molecule has 0 saturated heterocycles. The van der Waals surface area contributed by atoms with Gasteiger partial charge in [0, 0.05) is 7.11 Å². The van der Waals surface area contributed by atoms with Gasteiger partial charge in [-0.25, -0.2) is 0 Å². The van der Waals surface area contributed by atoms with Crippen molar-refractivity contribution in [2.45, 2.75) is 44.3 Å². The zero-order valence-corrected chi connectivity index (χ0v) is 7.79. The molecule has 2 nitrogen and oxygen atoms in total. The van der Waals surface area contributed by atoms with Gasteiger partial charge >= 0.3 is 0 Å². The fourth-order valence-corrected chi connectivity index (χ4v) is 1.63. The molecule has 2 aliphatic carbocycles. The summed E-state index contributed by atoms with van der Waals surface area (Å²) in [6.45, 7) is 0.825. The SMILES string of the molecule is COC(COC1CCC1)C1CC1. The van der Waals surface area contributed by atoms with E-state index in [1.54, 1.807) is 7.11 Å². The van der Waals surface area contributed by atoms with Crippen molar-refractivity contribution in [3.05, 3.63) is 0 Å². The molecule has 0 aromatic carbocycles. The van der Waals surface area contributed by atoms with E-state index in [0.717, 1.165) is 12.5 Å². The van der Waals surface area contributed by atoms with E-state index in [0.29, 0.717) is 12.2 Å². The van der Waals surface area contributed by atoms with Crippen LogP contribution in [-0.4, -0.2) is 25.9 Å². The van der Waals surface area contributed by atoms with Crippen LogP contribution in [0.3, 0.4) is 0 Å². The van der Waals surface area contributed by atoms with Crippen LogP contribution < -0.4 is 0 Å². The maximum absolute atomic E-state index is 5.71. The summed E-state index contributed by atoms with van der Waals surface area (Å²) in [4.78, 5) is 0. The third-order valence-electron chi connectivity index (χ3n) is 3.00. The van der Waals surface area contributed by atoms with Gasteiger partial charge in [-0.1, -0.05) is 0 Å². The quantitative estimate of drug-likeness (QED) is 0.628. The summed E-state index contributed by atoms with van der Waals surface area (Å²) in [7, 11) is 1.80. The van der Waals surface area contributed by atoms with Gasteiger partial charge in [-0.05, 0) is 38.0 Å². The Bertz CT molecular complexity index is 139. The first-order chi connectivity index (χ1) is 5.90. The number of methoxy groups -OCH3 is 1. The van der Waals surface area contributed by atoms with Crippen molar-refractivity contribution >= 4 is 0 Å². The first-order valence-corrected chi connectivity index (χ1v) is 5.04. The molecule has 0 spiro atoms. The maximum Gasteiger partial charge on any atom is 0.0832 e. The minimum atomic E-state index is 0.380. The Balaban J connectivity index is 1.62. The van der Waals surface area contributed by atoms with E-state index >= 15 is 0 Å². The first-order valence-electron chi connectivity index (χ1n) is 5.04. The molecule has 0 radical (unpaired) electrons. The van der Waals surface area contributed by atoms with E-state index < -0.39 is 0 Å². The van der Waals surface area contributed by atoms with Crippen LogP contribution in [-0.2, 0) is 9.47 Å². The summed E-state index contributed by atoms with van der Waals surface area (Å²) in [5.74, 6) is 0.801. The average molecular weight is 170 g/mol. The topological polar surface area (TPSA) is 18.5 Å². The van der Waals surface area contributed by atoms with Gasteiger partial charge in [-0.3, -0.25) is 0 Å². The number of hydrogen-bond donors (Lipinski definition) is 0. The van der Waals surface area contributed by atoms with Crippen LogP contribution in [0.2, 0.25) is 0 Å². The largest absolute Gasteiger partial charge is 0.379 e. The minimum Gasteiger partial charge on any atom is -0.379 e. The Morgan fingerprint density at radius 1 is 1.25 bits per heavy atom. The summed E-state index contributed by atoms with van der Waals surface area (Å²) in [5, 5.41) is 0. The van der Waals surface area contributed by atoms with Gasteiger partial charge < -0.3 is 9.47 Å². The van der Waals surface area contributed by atoms with Crippen molar-refractivity contribution in [1.82, 2.24) is 0 Å². The van der Waals surface area contributed by atoms with Gasteiger partial charge in [0.25, 0.3) is 0 Å². The second kappa shape index (κ2) is 3.75. The van der Waals surface area contributed by atoms with Crippen LogP contribution in [0.4, 0.5) is 0 Å². The monoisotopic (exact) mass is 170 g/mol. The smallest absolute Gasteiger partial charge is 0.0832 e. The molecule has 12 heavy (non-hydrogen) atoms.